The smallest absolute Gasteiger partial charge is 0.165 e. The molecule has 0 atom stereocenters. The van der Waals surface area contributed by atoms with Crippen LogP contribution in [0.25, 0.3) is 0 Å². The maximum absolute atomic E-state index is 13.8. The van der Waals surface area contributed by atoms with Gasteiger partial charge in [-0.15, -0.1) is 6.58 Å². The summed E-state index contributed by atoms with van der Waals surface area (Å²) in [6.45, 7) is 12.5. The van der Waals surface area contributed by atoms with Gasteiger partial charge in [0.25, 0.3) is 0 Å². The lowest BCUT2D eigenvalue weighted by Gasteiger charge is -2.44. The van der Waals surface area contributed by atoms with Gasteiger partial charge >= 0.3 is 0 Å². The normalized spacial score (nSPS) is 20.1. The first-order chi connectivity index (χ1) is 18.9. The lowest BCUT2D eigenvalue weighted by molar-refractivity contribution is -0.119. The van der Waals surface area contributed by atoms with Gasteiger partial charge < -0.3 is 14.8 Å². The molecule has 0 spiro atoms. The van der Waals surface area contributed by atoms with Gasteiger partial charge in [0.15, 0.2) is 23.1 Å². The molecular weight excluding hydrogens is 505 g/mol. The third kappa shape index (κ3) is 5.36. The number of allylic oxidation sites excluding steroid dienone is 5. The highest BCUT2D eigenvalue weighted by atomic mass is 19.1. The first-order valence-electron chi connectivity index (χ1n) is 13.9. The molecule has 2 aromatic carbocycles. The van der Waals surface area contributed by atoms with E-state index in [-0.39, 0.29) is 34.8 Å². The van der Waals surface area contributed by atoms with Crippen molar-refractivity contribution in [2.75, 3.05) is 7.11 Å². The molecule has 2 aliphatic carbocycles. The van der Waals surface area contributed by atoms with Gasteiger partial charge in [-0.1, -0.05) is 52.0 Å². The Hall–Kier alpha value is -3.67. The maximum Gasteiger partial charge on any atom is 0.165 e. The second kappa shape index (κ2) is 10.4. The van der Waals surface area contributed by atoms with Crippen molar-refractivity contribution in [1.29, 1.82) is 0 Å². The zero-order valence-corrected chi connectivity index (χ0v) is 24.1. The number of nitrogens with one attached hydrogen (secondary N) is 1. The molecule has 0 bridgehead atoms. The van der Waals surface area contributed by atoms with Crippen LogP contribution in [-0.2, 0) is 22.6 Å². The number of Topliss-reactive ketones (excluding diaryl/α,β-unsaturated/α-hetero) is 2. The monoisotopic (exact) mass is 543 g/mol. The van der Waals surface area contributed by atoms with E-state index in [2.05, 4.69) is 39.6 Å². The summed E-state index contributed by atoms with van der Waals surface area (Å²) >= 11 is 0. The quantitative estimate of drug-likeness (QED) is 0.377. The average Bonchev–Trinajstić information content (AvgIpc) is 2.85. The van der Waals surface area contributed by atoms with Gasteiger partial charge in [0.1, 0.15) is 12.4 Å². The Kier molecular flexibility index (Phi) is 7.24. The summed E-state index contributed by atoms with van der Waals surface area (Å²) in [5.74, 6) is 0.385. The molecule has 6 heteroatoms. The molecule has 3 aliphatic rings. The second-order valence-corrected chi connectivity index (χ2v) is 12.8. The molecule has 210 valence electrons. The van der Waals surface area contributed by atoms with E-state index in [0.717, 1.165) is 35.4 Å². The highest BCUT2D eigenvalue weighted by Crippen LogP contribution is 2.52. The van der Waals surface area contributed by atoms with Crippen LogP contribution >= 0.6 is 0 Å². The van der Waals surface area contributed by atoms with E-state index in [4.69, 9.17) is 9.47 Å². The van der Waals surface area contributed by atoms with Crippen LogP contribution in [0.15, 0.2) is 71.6 Å². The van der Waals surface area contributed by atoms with Crippen molar-refractivity contribution in [3.05, 3.63) is 94.1 Å². The summed E-state index contributed by atoms with van der Waals surface area (Å²) in [5, 5.41) is 3.57. The molecule has 0 radical (unpaired) electrons. The van der Waals surface area contributed by atoms with Crippen molar-refractivity contribution >= 4 is 11.6 Å². The van der Waals surface area contributed by atoms with Gasteiger partial charge in [-0.25, -0.2) is 4.39 Å². The van der Waals surface area contributed by atoms with Gasteiger partial charge in [-0.3, -0.25) is 9.59 Å². The minimum absolute atomic E-state index is 0.0728. The van der Waals surface area contributed by atoms with E-state index >= 15 is 0 Å². The number of ketones is 2. The Labute approximate surface area is 236 Å². The second-order valence-electron chi connectivity index (χ2n) is 12.8. The lowest BCUT2D eigenvalue weighted by Crippen LogP contribution is -2.42. The van der Waals surface area contributed by atoms with Crippen molar-refractivity contribution < 1.29 is 23.5 Å². The van der Waals surface area contributed by atoms with Crippen LogP contribution in [-0.4, -0.2) is 18.7 Å². The standard InChI is InChI=1S/C34H38FNO4/c1-7-9-21-13-22(14-28(39-6)32(21)40-19-20-10-8-11-23(35)12-20)29-30-24(15-33(2,3)17-26(30)37)36-25-16-34(4,5)18-27(38)31(25)29/h7-8,10-14,29,36H,1,9,15-19H2,2-6H3. The SMILES string of the molecule is C=CCc1cc(C2C3=C(CC(C)(C)CC3=O)NC3=C2C(=O)CC(C)(C)C3)cc(OC)c1OCc1cccc(F)c1. The topological polar surface area (TPSA) is 64.6 Å². The molecule has 40 heavy (non-hydrogen) atoms. The first-order valence-corrected chi connectivity index (χ1v) is 13.9. The summed E-state index contributed by atoms with van der Waals surface area (Å²) in [6.07, 6.45) is 4.61. The fourth-order valence-electron chi connectivity index (χ4n) is 6.48. The van der Waals surface area contributed by atoms with Crippen LogP contribution in [0.3, 0.4) is 0 Å². The average molecular weight is 544 g/mol. The molecular formula is C34H38FNO4. The third-order valence-electron chi connectivity index (χ3n) is 8.06. The minimum Gasteiger partial charge on any atom is -0.493 e. The molecule has 0 saturated heterocycles. The highest BCUT2D eigenvalue weighted by molar-refractivity contribution is 6.06. The fraction of sp³-hybridized carbons (Fsp3) is 0.412. The van der Waals surface area contributed by atoms with Crippen molar-refractivity contribution in [1.82, 2.24) is 5.32 Å². The maximum atomic E-state index is 13.8. The number of hydrogen-bond acceptors (Lipinski definition) is 5. The van der Waals surface area contributed by atoms with Crippen LogP contribution in [0.4, 0.5) is 4.39 Å². The summed E-state index contributed by atoms with van der Waals surface area (Å²) < 4.78 is 25.8. The number of methoxy groups -OCH3 is 1. The molecule has 0 aromatic heterocycles. The molecule has 0 saturated carbocycles. The van der Waals surface area contributed by atoms with Gasteiger partial charge in [-0.2, -0.15) is 0 Å². The number of carbonyl (C=O) groups excluding carboxylic acids is 2. The van der Waals surface area contributed by atoms with Gasteiger partial charge in [0.2, 0.25) is 0 Å². The van der Waals surface area contributed by atoms with Crippen molar-refractivity contribution in [2.24, 2.45) is 10.8 Å². The van der Waals surface area contributed by atoms with Crippen LogP contribution in [0.1, 0.15) is 76.0 Å². The van der Waals surface area contributed by atoms with E-state index in [1.807, 2.05) is 12.1 Å². The van der Waals surface area contributed by atoms with E-state index in [9.17, 15) is 14.0 Å². The molecule has 1 heterocycles. The number of hydrogen-bond donors (Lipinski definition) is 1. The molecule has 1 aliphatic heterocycles. The Balaban J connectivity index is 1.64. The third-order valence-corrected chi connectivity index (χ3v) is 8.06. The Morgan fingerprint density at radius 2 is 1.60 bits per heavy atom. The molecule has 0 unspecified atom stereocenters. The molecule has 0 fully saturated rings. The zero-order valence-electron chi connectivity index (χ0n) is 24.1. The number of ether oxygens (including phenoxy) is 2. The van der Waals surface area contributed by atoms with Crippen molar-refractivity contribution in [3.8, 4) is 11.5 Å². The van der Waals surface area contributed by atoms with Crippen LogP contribution in [0.5, 0.6) is 11.5 Å². The van der Waals surface area contributed by atoms with E-state index < -0.39 is 5.92 Å². The largest absolute Gasteiger partial charge is 0.493 e. The predicted molar refractivity (Wildman–Crippen MR) is 154 cm³/mol. The predicted octanol–water partition coefficient (Wildman–Crippen LogP) is 7.12. The summed E-state index contributed by atoms with van der Waals surface area (Å²) in [5.41, 5.74) is 5.24. The number of halogens is 1. The lowest BCUT2D eigenvalue weighted by atomic mass is 9.64. The number of benzene rings is 2. The van der Waals surface area contributed by atoms with E-state index in [0.29, 0.717) is 47.5 Å². The number of carbonyl (C=O) groups is 2. The fourth-order valence-corrected chi connectivity index (χ4v) is 6.48. The van der Waals surface area contributed by atoms with E-state index in [1.54, 1.807) is 25.3 Å². The molecule has 1 N–H and O–H groups in total. The van der Waals surface area contributed by atoms with E-state index in [1.165, 1.54) is 12.1 Å². The molecule has 5 rings (SSSR count). The van der Waals surface area contributed by atoms with Gasteiger partial charge in [0.05, 0.1) is 7.11 Å². The Morgan fingerprint density at radius 3 is 2.15 bits per heavy atom. The van der Waals surface area contributed by atoms with Crippen molar-refractivity contribution in [2.45, 2.75) is 72.3 Å². The minimum atomic E-state index is -0.479. The summed E-state index contributed by atoms with van der Waals surface area (Å²) in [4.78, 5) is 27.4. The molecule has 0 amide bonds. The van der Waals surface area contributed by atoms with Gasteiger partial charge in [-0.05, 0) is 59.4 Å². The van der Waals surface area contributed by atoms with Crippen LogP contribution in [0, 0.1) is 16.6 Å². The van der Waals surface area contributed by atoms with Crippen molar-refractivity contribution in [3.63, 3.8) is 0 Å². The molecule has 5 nitrogen and oxygen atoms in total. The van der Waals surface area contributed by atoms with Crippen LogP contribution in [0.2, 0.25) is 0 Å². The highest BCUT2D eigenvalue weighted by Gasteiger charge is 2.46. The zero-order chi connectivity index (χ0) is 28.8. The Morgan fingerprint density at radius 1 is 0.975 bits per heavy atom. The molecule has 2 aromatic rings. The summed E-state index contributed by atoms with van der Waals surface area (Å²) in [6, 6.07) is 10.2. The number of dihydropyridines is 1. The van der Waals surface area contributed by atoms with Gasteiger partial charge in [0, 0.05) is 46.9 Å². The Bertz CT molecular complexity index is 1410. The number of rotatable bonds is 7. The van der Waals surface area contributed by atoms with Crippen LogP contribution < -0.4 is 14.8 Å². The first kappa shape index (κ1) is 27.9. The summed E-state index contributed by atoms with van der Waals surface area (Å²) in [7, 11) is 1.58.